The molecule has 0 bridgehead atoms. The van der Waals surface area contributed by atoms with Crippen LogP contribution in [0.5, 0.6) is 28.7 Å². The Labute approximate surface area is 487 Å². The normalized spacial score (nSPS) is 16.3. The third-order valence-electron chi connectivity index (χ3n) is 14.9. The van der Waals surface area contributed by atoms with Crippen molar-refractivity contribution >= 4 is 63.2 Å². The van der Waals surface area contributed by atoms with Gasteiger partial charge in [-0.2, -0.15) is 0 Å². The molecule has 1 aliphatic carbocycles. The van der Waals surface area contributed by atoms with E-state index in [-0.39, 0.29) is 101 Å². The number of nitrogens with one attached hydrogen (secondary N) is 3. The van der Waals surface area contributed by atoms with Crippen molar-refractivity contribution in [1.82, 2.24) is 25.1 Å². The van der Waals surface area contributed by atoms with E-state index in [0.29, 0.717) is 57.8 Å². The van der Waals surface area contributed by atoms with Crippen LogP contribution < -0.4 is 34.9 Å². The van der Waals surface area contributed by atoms with Gasteiger partial charge in [-0.3, -0.25) is 29.0 Å². The van der Waals surface area contributed by atoms with Gasteiger partial charge in [0.05, 0.1) is 61.2 Å². The average molecular weight is 1170 g/mol. The van der Waals surface area contributed by atoms with Gasteiger partial charge in [-0.15, -0.1) is 11.3 Å². The molecule has 3 unspecified atom stereocenters. The van der Waals surface area contributed by atoms with Crippen molar-refractivity contribution < 1.29 is 66.3 Å². The SMILES string of the molecule is COc1cc2c(Oc3ccc(NC(=O)C4(C(=O)Nc5ccc(F)cc5)CC4)cc3F)ccnc2cc1OCCOCCOCCOc1cc(-c2scnc2C)ccc1CNC(=O)C1CC(O)CN1C(=O)C(C(C)C)N1Cc2ccccc2C1=O. The van der Waals surface area contributed by atoms with Crippen LogP contribution in [0.3, 0.4) is 0 Å². The highest BCUT2D eigenvalue weighted by atomic mass is 32.1. The summed E-state index contributed by atoms with van der Waals surface area (Å²) in [5, 5.41) is 19.6. The van der Waals surface area contributed by atoms with Crippen LogP contribution in [0, 0.1) is 29.9 Å². The number of methoxy groups -OCH3 is 1. The first kappa shape index (κ1) is 58.6. The zero-order chi connectivity index (χ0) is 59.1. The first-order chi connectivity index (χ1) is 40.6. The first-order valence-corrected chi connectivity index (χ1v) is 28.4. The largest absolute Gasteiger partial charge is 0.493 e. The standard InChI is InChI=1S/C62H63F2N7O12S/c1-36(2)55(71-33-40-7-5-6-8-45(40)58(71)74)59(75)70-34-44(72)29-49(70)57(73)66-32-39-10-9-38(56-37(3)67-35-84-56)27-52(39)81-25-23-79-21-22-80-24-26-82-54-31-48-46(30-53(54)78-4)50(17-20-65-48)83-51-16-15-43(28-47(51)64)69-61(77)62(18-19-62)60(76)68-42-13-11-41(63)12-14-42/h5-17,20,27-28,30-31,35-36,44,49,55,72H,18-19,21-26,29,32-34H2,1-4H3,(H,66,73)(H,68,76)(H,69,77). The molecule has 438 valence electrons. The van der Waals surface area contributed by atoms with Gasteiger partial charge >= 0.3 is 0 Å². The molecule has 7 aromatic rings. The monoisotopic (exact) mass is 1170 g/mol. The van der Waals surface area contributed by atoms with Gasteiger partial charge in [0.2, 0.25) is 23.6 Å². The van der Waals surface area contributed by atoms with Gasteiger partial charge in [-0.25, -0.2) is 13.8 Å². The summed E-state index contributed by atoms with van der Waals surface area (Å²) >= 11 is 1.50. The van der Waals surface area contributed by atoms with Gasteiger partial charge in [0.15, 0.2) is 23.1 Å². The van der Waals surface area contributed by atoms with E-state index in [1.165, 1.54) is 65.9 Å². The van der Waals surface area contributed by atoms with Crippen molar-refractivity contribution in [3.63, 3.8) is 0 Å². The smallest absolute Gasteiger partial charge is 0.255 e. The fourth-order valence-electron chi connectivity index (χ4n) is 10.3. The molecule has 3 atom stereocenters. The summed E-state index contributed by atoms with van der Waals surface area (Å²) in [5.41, 5.74) is 5.23. The fraction of sp³-hybridized carbons (Fsp3) is 0.339. The second-order valence-corrected chi connectivity index (χ2v) is 21.8. The van der Waals surface area contributed by atoms with Crippen molar-refractivity contribution in [3.05, 3.63) is 149 Å². The zero-order valence-corrected chi connectivity index (χ0v) is 47.5. The minimum Gasteiger partial charge on any atom is -0.493 e. The number of halogens is 2. The predicted molar refractivity (Wildman–Crippen MR) is 308 cm³/mol. The van der Waals surface area contributed by atoms with Crippen molar-refractivity contribution in [3.8, 4) is 39.2 Å². The molecule has 0 spiro atoms. The molecule has 3 aliphatic rings. The number of carbonyl (C=O) groups excluding carboxylic acids is 5. The number of ether oxygens (including phenoxy) is 6. The first-order valence-electron chi connectivity index (χ1n) is 27.5. The summed E-state index contributed by atoms with van der Waals surface area (Å²) in [6.07, 6.45) is 1.26. The summed E-state index contributed by atoms with van der Waals surface area (Å²) in [5.74, 6) is -2.23. The molecule has 2 aromatic heterocycles. The number of thiazole rings is 1. The lowest BCUT2D eigenvalue weighted by atomic mass is 10.0. The van der Waals surface area contributed by atoms with E-state index in [0.717, 1.165) is 27.8 Å². The minimum absolute atomic E-state index is 0.0303. The summed E-state index contributed by atoms with van der Waals surface area (Å²) in [6, 6.07) is 25.3. The Morgan fingerprint density at radius 1 is 0.786 bits per heavy atom. The summed E-state index contributed by atoms with van der Waals surface area (Å²) in [6.45, 7) is 7.29. The molecular weight excluding hydrogens is 1100 g/mol. The highest BCUT2D eigenvalue weighted by Gasteiger charge is 2.56. The van der Waals surface area contributed by atoms with E-state index < -0.39 is 53.0 Å². The molecule has 4 N–H and O–H groups in total. The van der Waals surface area contributed by atoms with Gasteiger partial charge in [0.1, 0.15) is 48.0 Å². The van der Waals surface area contributed by atoms with Crippen LogP contribution in [-0.4, -0.2) is 126 Å². The third kappa shape index (κ3) is 13.1. The van der Waals surface area contributed by atoms with Gasteiger partial charge < -0.3 is 59.3 Å². The molecule has 5 amide bonds. The number of β-amino-alcohol motifs (C(OH)–C–C–N with tert-alkyl or cyclic N) is 1. The summed E-state index contributed by atoms with van der Waals surface area (Å²) in [4.78, 5) is 80.8. The maximum Gasteiger partial charge on any atom is 0.255 e. The molecule has 84 heavy (non-hydrogen) atoms. The molecule has 22 heteroatoms. The number of hydrogen-bond donors (Lipinski definition) is 4. The van der Waals surface area contributed by atoms with Crippen molar-refractivity contribution in [2.24, 2.45) is 11.3 Å². The van der Waals surface area contributed by atoms with E-state index in [4.69, 9.17) is 28.4 Å². The number of aliphatic hydroxyl groups is 1. The second-order valence-electron chi connectivity index (χ2n) is 21.0. The van der Waals surface area contributed by atoms with Crippen LogP contribution in [0.1, 0.15) is 60.3 Å². The minimum atomic E-state index is -1.33. The average Bonchev–Trinajstić information content (AvgIpc) is 2.43. The number of hydrogen-bond acceptors (Lipinski definition) is 15. The Morgan fingerprint density at radius 2 is 1.49 bits per heavy atom. The van der Waals surface area contributed by atoms with Crippen LogP contribution >= 0.6 is 11.3 Å². The number of carbonyl (C=O) groups is 5. The number of benzene rings is 5. The molecule has 5 aromatic carbocycles. The maximum atomic E-state index is 15.5. The number of amides is 5. The molecule has 10 rings (SSSR count). The van der Waals surface area contributed by atoms with Gasteiger partial charge in [-0.1, -0.05) is 44.2 Å². The number of rotatable bonds is 25. The fourth-order valence-corrected chi connectivity index (χ4v) is 11.1. The number of pyridine rings is 1. The molecule has 1 saturated carbocycles. The number of nitrogens with zero attached hydrogens (tertiary/aromatic N) is 4. The zero-order valence-electron chi connectivity index (χ0n) is 46.7. The van der Waals surface area contributed by atoms with Gasteiger partial charge in [-0.05, 0) is 97.5 Å². The lowest BCUT2D eigenvalue weighted by Crippen LogP contribution is -2.55. The third-order valence-corrected chi connectivity index (χ3v) is 15.9. The Morgan fingerprint density at radius 3 is 2.17 bits per heavy atom. The number of aromatic nitrogens is 2. The van der Waals surface area contributed by atoms with Crippen LogP contribution in [0.2, 0.25) is 0 Å². The topological polar surface area (TPSA) is 229 Å². The highest BCUT2D eigenvalue weighted by Crippen LogP contribution is 2.48. The number of aryl methyl sites for hydroxylation is 1. The lowest BCUT2D eigenvalue weighted by molar-refractivity contribution is -0.143. The van der Waals surface area contributed by atoms with Crippen LogP contribution in [-0.2, 0) is 41.7 Å². The Hall–Kier alpha value is -8.57. The Bertz CT molecular complexity index is 3580. The van der Waals surface area contributed by atoms with E-state index in [1.807, 2.05) is 51.1 Å². The van der Waals surface area contributed by atoms with Crippen LogP contribution in [0.15, 0.2) is 115 Å². The van der Waals surface area contributed by atoms with Gasteiger partial charge in [0, 0.05) is 72.3 Å². The van der Waals surface area contributed by atoms with E-state index in [9.17, 15) is 33.5 Å². The number of likely N-dealkylation sites (tertiary alicyclic amines) is 1. The van der Waals surface area contributed by atoms with E-state index in [2.05, 4.69) is 25.9 Å². The Kier molecular flexibility index (Phi) is 18.1. The second kappa shape index (κ2) is 25.9. The molecular formula is C62H63F2N7O12S. The number of anilines is 2. The highest BCUT2D eigenvalue weighted by molar-refractivity contribution is 7.13. The van der Waals surface area contributed by atoms with Gasteiger partial charge in [0.25, 0.3) is 5.91 Å². The molecule has 4 heterocycles. The molecule has 19 nitrogen and oxygen atoms in total. The molecule has 0 radical (unpaired) electrons. The Balaban J connectivity index is 0.679. The van der Waals surface area contributed by atoms with Crippen molar-refractivity contribution in [2.75, 3.05) is 63.9 Å². The van der Waals surface area contributed by atoms with E-state index in [1.54, 1.807) is 40.7 Å². The maximum absolute atomic E-state index is 15.5. The predicted octanol–water partition coefficient (Wildman–Crippen LogP) is 8.85. The van der Waals surface area contributed by atoms with E-state index >= 15 is 4.39 Å². The van der Waals surface area contributed by atoms with Crippen LogP contribution in [0.4, 0.5) is 20.2 Å². The molecule has 1 saturated heterocycles. The van der Waals surface area contributed by atoms with Crippen molar-refractivity contribution in [1.29, 1.82) is 0 Å². The molecule has 2 fully saturated rings. The molecule has 2 aliphatic heterocycles. The summed E-state index contributed by atoms with van der Waals surface area (Å²) in [7, 11) is 1.48. The number of fused-ring (bicyclic) bond motifs is 2. The summed E-state index contributed by atoms with van der Waals surface area (Å²) < 4.78 is 64.4. The number of aliphatic hydroxyl groups excluding tert-OH is 1. The quantitative estimate of drug-likeness (QED) is 0.0310. The van der Waals surface area contributed by atoms with Crippen molar-refractivity contribution in [2.45, 2.75) is 71.3 Å². The van der Waals surface area contributed by atoms with Crippen LogP contribution in [0.25, 0.3) is 21.3 Å². The lowest BCUT2D eigenvalue weighted by Gasteiger charge is -2.35.